The second-order valence-corrected chi connectivity index (χ2v) is 5.96. The number of hydrogen-bond donors (Lipinski definition) is 3. The monoisotopic (exact) mass is 338 g/mol. The van der Waals surface area contributed by atoms with Gasteiger partial charge in [-0.1, -0.05) is 0 Å². The fourth-order valence-corrected chi connectivity index (χ4v) is 2.71. The summed E-state index contributed by atoms with van der Waals surface area (Å²) < 4.78 is 46.1. The molecule has 0 aliphatic heterocycles. The molecule has 0 spiro atoms. The number of nitrogens with two attached hydrogens (primary N) is 2. The molecule has 1 atom stereocenters. The normalized spacial score (nSPS) is 17.3. The molecule has 0 heterocycles. The minimum absolute atomic E-state index is 0.119. The fourth-order valence-electron chi connectivity index (χ4n) is 2.71. The average Bonchev–Trinajstić information content (AvgIpc) is 3.34. The van der Waals surface area contributed by atoms with Gasteiger partial charge in [0.15, 0.2) is 5.60 Å². The van der Waals surface area contributed by atoms with Crippen molar-refractivity contribution in [3.63, 3.8) is 0 Å². The molecule has 0 amide bonds. The molecule has 1 aliphatic carbocycles. The molecule has 2 aromatic rings. The number of halogens is 3. The van der Waals surface area contributed by atoms with Crippen LogP contribution in [0.2, 0.25) is 0 Å². The Bertz CT molecular complexity index is 742. The van der Waals surface area contributed by atoms with Crippen LogP contribution in [0.1, 0.15) is 18.4 Å². The molecule has 2 aromatic carbocycles. The van der Waals surface area contributed by atoms with E-state index in [2.05, 4.69) is 0 Å². The van der Waals surface area contributed by atoms with Gasteiger partial charge < -0.3 is 21.3 Å². The molecule has 4 nitrogen and oxygen atoms in total. The molecular weight excluding hydrogens is 321 g/mol. The van der Waals surface area contributed by atoms with Gasteiger partial charge in [-0.3, -0.25) is 0 Å². The Morgan fingerprint density at radius 2 is 1.54 bits per heavy atom. The van der Waals surface area contributed by atoms with Gasteiger partial charge in [0.1, 0.15) is 11.5 Å². The lowest BCUT2D eigenvalue weighted by molar-refractivity contribution is -0.275. The smallest absolute Gasteiger partial charge is 0.421 e. The van der Waals surface area contributed by atoms with Gasteiger partial charge in [-0.25, -0.2) is 0 Å². The van der Waals surface area contributed by atoms with Crippen molar-refractivity contribution in [1.29, 1.82) is 0 Å². The third kappa shape index (κ3) is 2.87. The first-order chi connectivity index (χ1) is 11.2. The summed E-state index contributed by atoms with van der Waals surface area (Å²) in [7, 11) is 0. The first kappa shape index (κ1) is 16.4. The van der Waals surface area contributed by atoms with Gasteiger partial charge in [0.05, 0.1) is 0 Å². The Balaban J connectivity index is 1.98. The number of ether oxygens (including phenoxy) is 1. The molecule has 1 saturated carbocycles. The number of alkyl halides is 3. The third-order valence-corrected chi connectivity index (χ3v) is 4.15. The van der Waals surface area contributed by atoms with E-state index in [4.69, 9.17) is 16.2 Å². The average molecular weight is 338 g/mol. The number of hydrogen-bond acceptors (Lipinski definition) is 4. The maximum atomic E-state index is 13.5. The maximum Gasteiger partial charge on any atom is 0.421 e. The van der Waals surface area contributed by atoms with Crippen LogP contribution < -0.4 is 16.2 Å². The van der Waals surface area contributed by atoms with Gasteiger partial charge in [0.2, 0.25) is 0 Å². The summed E-state index contributed by atoms with van der Waals surface area (Å²) in [5, 5.41) is 10.4. The Kier molecular flexibility index (Phi) is 3.83. The van der Waals surface area contributed by atoms with E-state index in [-0.39, 0.29) is 17.0 Å². The zero-order chi connectivity index (χ0) is 17.5. The van der Waals surface area contributed by atoms with E-state index in [0.717, 1.165) is 6.07 Å². The minimum atomic E-state index is -4.82. The first-order valence-corrected chi connectivity index (χ1v) is 7.44. The summed E-state index contributed by atoms with van der Waals surface area (Å²) in [5.41, 5.74) is 8.39. The van der Waals surface area contributed by atoms with E-state index in [0.29, 0.717) is 24.3 Å². The van der Waals surface area contributed by atoms with Crippen LogP contribution in [0.15, 0.2) is 42.5 Å². The van der Waals surface area contributed by atoms with Crippen molar-refractivity contribution in [3.05, 3.63) is 48.0 Å². The molecule has 1 fully saturated rings. The summed E-state index contributed by atoms with van der Waals surface area (Å²) in [5.74, 6) is -0.305. The highest BCUT2D eigenvalue weighted by molar-refractivity contribution is 5.55. The Hall–Kier alpha value is -2.41. The van der Waals surface area contributed by atoms with E-state index >= 15 is 0 Å². The van der Waals surface area contributed by atoms with Gasteiger partial charge in [-0.15, -0.1) is 0 Å². The summed E-state index contributed by atoms with van der Waals surface area (Å²) in [6.07, 6.45) is -4.21. The molecule has 24 heavy (non-hydrogen) atoms. The van der Waals surface area contributed by atoms with Gasteiger partial charge in [0, 0.05) is 22.9 Å². The molecular formula is C17H17F3N2O2. The molecule has 0 aromatic heterocycles. The van der Waals surface area contributed by atoms with Crippen LogP contribution in [-0.2, 0) is 5.60 Å². The van der Waals surface area contributed by atoms with Crippen LogP contribution in [0.5, 0.6) is 11.5 Å². The topological polar surface area (TPSA) is 81.5 Å². The van der Waals surface area contributed by atoms with E-state index < -0.39 is 17.7 Å². The predicted molar refractivity (Wildman–Crippen MR) is 84.5 cm³/mol. The SMILES string of the molecule is Nc1ccc(Oc2ccc(N)c(C(O)(C3CC3)C(F)(F)F)c2)cc1. The van der Waals surface area contributed by atoms with E-state index in [1.807, 2.05) is 0 Å². The largest absolute Gasteiger partial charge is 0.457 e. The van der Waals surface area contributed by atoms with Gasteiger partial charge in [-0.05, 0) is 55.3 Å². The predicted octanol–water partition coefficient (Wildman–Crippen LogP) is 3.80. The van der Waals surface area contributed by atoms with Crippen LogP contribution in [0.25, 0.3) is 0 Å². The Morgan fingerprint density at radius 1 is 0.958 bits per heavy atom. The zero-order valence-electron chi connectivity index (χ0n) is 12.7. The molecule has 5 N–H and O–H groups in total. The second-order valence-electron chi connectivity index (χ2n) is 5.96. The van der Waals surface area contributed by atoms with Crippen LogP contribution in [-0.4, -0.2) is 11.3 Å². The number of rotatable bonds is 4. The van der Waals surface area contributed by atoms with E-state index in [1.54, 1.807) is 24.3 Å². The van der Waals surface area contributed by atoms with Crippen molar-refractivity contribution in [2.75, 3.05) is 11.5 Å². The van der Waals surface area contributed by atoms with Gasteiger partial charge in [-0.2, -0.15) is 13.2 Å². The van der Waals surface area contributed by atoms with E-state index in [1.165, 1.54) is 12.1 Å². The number of benzene rings is 2. The van der Waals surface area contributed by atoms with Crippen molar-refractivity contribution in [2.24, 2.45) is 5.92 Å². The number of nitrogen functional groups attached to an aromatic ring is 2. The molecule has 3 rings (SSSR count). The van der Waals surface area contributed by atoms with Crippen LogP contribution in [0.3, 0.4) is 0 Å². The molecule has 1 unspecified atom stereocenters. The molecule has 0 saturated heterocycles. The minimum Gasteiger partial charge on any atom is -0.457 e. The highest BCUT2D eigenvalue weighted by Gasteiger charge is 2.63. The summed E-state index contributed by atoms with van der Waals surface area (Å²) >= 11 is 0. The molecule has 1 aliphatic rings. The quantitative estimate of drug-likeness (QED) is 0.741. The summed E-state index contributed by atoms with van der Waals surface area (Å²) in [6.45, 7) is 0. The highest BCUT2D eigenvalue weighted by atomic mass is 19.4. The maximum absolute atomic E-state index is 13.5. The molecule has 0 bridgehead atoms. The van der Waals surface area contributed by atoms with Gasteiger partial charge >= 0.3 is 6.18 Å². The second kappa shape index (κ2) is 5.59. The van der Waals surface area contributed by atoms with Crippen molar-refractivity contribution in [1.82, 2.24) is 0 Å². The van der Waals surface area contributed by atoms with Crippen LogP contribution in [0.4, 0.5) is 24.5 Å². The van der Waals surface area contributed by atoms with Crippen molar-refractivity contribution in [2.45, 2.75) is 24.6 Å². The third-order valence-electron chi connectivity index (χ3n) is 4.15. The lowest BCUT2D eigenvalue weighted by Crippen LogP contribution is -2.44. The van der Waals surface area contributed by atoms with Crippen LogP contribution >= 0.6 is 0 Å². The van der Waals surface area contributed by atoms with Crippen molar-refractivity contribution >= 4 is 11.4 Å². The van der Waals surface area contributed by atoms with Crippen molar-refractivity contribution < 1.29 is 23.0 Å². The standard InChI is InChI=1S/C17H17F3N2O2/c18-17(19,20)16(23,10-1-2-10)14-9-13(7-8-15(14)22)24-12-5-3-11(21)4-6-12/h3-10,23H,1-2,21-22H2. The lowest BCUT2D eigenvalue weighted by Gasteiger charge is -2.32. The fraction of sp³-hybridized carbons (Fsp3) is 0.294. The number of aliphatic hydroxyl groups is 1. The first-order valence-electron chi connectivity index (χ1n) is 7.44. The summed E-state index contributed by atoms with van der Waals surface area (Å²) in [4.78, 5) is 0. The van der Waals surface area contributed by atoms with Crippen LogP contribution in [0, 0.1) is 5.92 Å². The molecule has 0 radical (unpaired) electrons. The zero-order valence-corrected chi connectivity index (χ0v) is 12.7. The Labute approximate surface area is 136 Å². The lowest BCUT2D eigenvalue weighted by atomic mass is 9.86. The summed E-state index contributed by atoms with van der Waals surface area (Å²) in [6, 6.07) is 10.3. The highest BCUT2D eigenvalue weighted by Crippen LogP contribution is 2.55. The molecule has 128 valence electrons. The molecule has 7 heteroatoms. The van der Waals surface area contributed by atoms with E-state index in [9.17, 15) is 18.3 Å². The Morgan fingerprint density at radius 3 is 2.08 bits per heavy atom. The van der Waals surface area contributed by atoms with Crippen molar-refractivity contribution in [3.8, 4) is 11.5 Å². The van der Waals surface area contributed by atoms with Gasteiger partial charge in [0.25, 0.3) is 0 Å². The number of anilines is 2.